The first-order valence-corrected chi connectivity index (χ1v) is 10.4. The molecule has 0 spiro atoms. The lowest BCUT2D eigenvalue weighted by Gasteiger charge is -2.25. The lowest BCUT2D eigenvalue weighted by Crippen LogP contribution is -2.49. The Kier molecular flexibility index (Phi) is 6.74. The predicted molar refractivity (Wildman–Crippen MR) is 102 cm³/mol. The zero-order valence-corrected chi connectivity index (χ0v) is 16.2. The third kappa shape index (κ3) is 5.56. The Morgan fingerprint density at radius 2 is 1.82 bits per heavy atom. The lowest BCUT2D eigenvalue weighted by atomic mass is 10.2. The van der Waals surface area contributed by atoms with Gasteiger partial charge in [0.05, 0.1) is 5.69 Å². The van der Waals surface area contributed by atoms with Gasteiger partial charge < -0.3 is 15.5 Å². The predicted octanol–water partition coefficient (Wildman–Crippen LogP) is 4.40. The third-order valence-corrected chi connectivity index (χ3v) is 6.42. The number of hydrogen-bond acceptors (Lipinski definition) is 3. The van der Waals surface area contributed by atoms with Gasteiger partial charge in [-0.2, -0.15) is 13.2 Å². The van der Waals surface area contributed by atoms with Crippen molar-refractivity contribution in [3.63, 3.8) is 0 Å². The number of urea groups is 1. The van der Waals surface area contributed by atoms with Crippen LogP contribution in [0.4, 0.5) is 23.7 Å². The molecule has 1 unspecified atom stereocenters. The molecule has 1 heterocycles. The van der Waals surface area contributed by atoms with Gasteiger partial charge in [0.2, 0.25) is 5.91 Å². The molecule has 1 aromatic rings. The Morgan fingerprint density at radius 3 is 2.54 bits per heavy atom. The van der Waals surface area contributed by atoms with Crippen molar-refractivity contribution < 1.29 is 22.8 Å². The van der Waals surface area contributed by atoms with E-state index >= 15 is 0 Å². The van der Waals surface area contributed by atoms with Crippen LogP contribution in [0, 0.1) is 0 Å². The maximum absolute atomic E-state index is 12.7. The second-order valence-electron chi connectivity index (χ2n) is 7.14. The zero-order chi connectivity index (χ0) is 20.1. The van der Waals surface area contributed by atoms with Crippen LogP contribution < -0.4 is 10.6 Å². The molecule has 2 fully saturated rings. The summed E-state index contributed by atoms with van der Waals surface area (Å²) in [6, 6.07) is 6.17. The third-order valence-electron chi connectivity index (χ3n) is 5.00. The molecule has 154 valence electrons. The van der Waals surface area contributed by atoms with E-state index < -0.39 is 30.7 Å². The summed E-state index contributed by atoms with van der Waals surface area (Å²) in [5.74, 6) is -0.765. The van der Waals surface area contributed by atoms with E-state index in [2.05, 4.69) is 5.32 Å². The summed E-state index contributed by atoms with van der Waals surface area (Å²) in [6.07, 6.45) is 1.20. The van der Waals surface area contributed by atoms with Crippen LogP contribution in [0.25, 0.3) is 0 Å². The van der Waals surface area contributed by atoms with Crippen LogP contribution in [0.5, 0.6) is 0 Å². The highest BCUT2D eigenvalue weighted by atomic mass is 32.2. The smallest absolute Gasteiger partial charge is 0.345 e. The fraction of sp³-hybridized carbons (Fsp3) is 0.579. The van der Waals surface area contributed by atoms with Gasteiger partial charge in [0.25, 0.3) is 0 Å². The normalized spacial score (nSPS) is 20.4. The standard InChI is InChI=1S/C19H24F3N3O2S/c20-19(21,22)12-23-17(26)15-9-5-11-25(15)18(27)24-14-8-3-4-10-16(14)28-13-6-1-2-7-13/h3-4,8,10,13,15H,1-2,5-7,9,11-12H2,(H,23,26)(H,24,27). The van der Waals surface area contributed by atoms with Gasteiger partial charge in [0, 0.05) is 16.7 Å². The first-order valence-electron chi connectivity index (χ1n) is 9.51. The van der Waals surface area contributed by atoms with Crippen molar-refractivity contribution in [2.45, 2.75) is 60.9 Å². The van der Waals surface area contributed by atoms with Crippen LogP contribution >= 0.6 is 11.8 Å². The molecule has 1 saturated heterocycles. The minimum absolute atomic E-state index is 0.341. The molecule has 1 atom stereocenters. The van der Waals surface area contributed by atoms with Gasteiger partial charge in [-0.25, -0.2) is 4.79 Å². The van der Waals surface area contributed by atoms with Gasteiger partial charge in [-0.05, 0) is 37.8 Å². The van der Waals surface area contributed by atoms with E-state index in [0.29, 0.717) is 30.3 Å². The van der Waals surface area contributed by atoms with E-state index in [4.69, 9.17) is 0 Å². The molecule has 9 heteroatoms. The van der Waals surface area contributed by atoms with Gasteiger partial charge in [0.15, 0.2) is 0 Å². The molecule has 1 aliphatic heterocycles. The van der Waals surface area contributed by atoms with Crippen LogP contribution in [-0.2, 0) is 4.79 Å². The van der Waals surface area contributed by atoms with Gasteiger partial charge in [-0.1, -0.05) is 25.0 Å². The highest BCUT2D eigenvalue weighted by molar-refractivity contribution is 8.00. The average molecular weight is 415 g/mol. The van der Waals surface area contributed by atoms with Crippen molar-refractivity contribution in [3.8, 4) is 0 Å². The molecule has 28 heavy (non-hydrogen) atoms. The lowest BCUT2D eigenvalue weighted by molar-refractivity contribution is -0.140. The molecule has 1 aromatic carbocycles. The molecule has 0 radical (unpaired) electrons. The highest BCUT2D eigenvalue weighted by Crippen LogP contribution is 2.38. The van der Waals surface area contributed by atoms with Gasteiger partial charge in [-0.3, -0.25) is 4.79 Å². The van der Waals surface area contributed by atoms with E-state index in [0.717, 1.165) is 17.7 Å². The number of anilines is 1. The Morgan fingerprint density at radius 1 is 1.11 bits per heavy atom. The van der Waals surface area contributed by atoms with Crippen LogP contribution in [0.15, 0.2) is 29.2 Å². The summed E-state index contributed by atoms with van der Waals surface area (Å²) >= 11 is 1.74. The van der Waals surface area contributed by atoms with E-state index in [1.807, 2.05) is 29.6 Å². The van der Waals surface area contributed by atoms with Crippen LogP contribution in [0.2, 0.25) is 0 Å². The monoisotopic (exact) mass is 415 g/mol. The zero-order valence-electron chi connectivity index (χ0n) is 15.4. The van der Waals surface area contributed by atoms with Crippen LogP contribution in [-0.4, -0.2) is 47.4 Å². The van der Waals surface area contributed by atoms with Gasteiger partial charge >= 0.3 is 12.2 Å². The molecule has 2 aliphatic rings. The Hall–Kier alpha value is -1.90. The van der Waals surface area contributed by atoms with Crippen molar-refractivity contribution >= 4 is 29.4 Å². The fourth-order valence-electron chi connectivity index (χ4n) is 3.63. The number of carbonyl (C=O) groups is 2. The molecular formula is C19H24F3N3O2S. The van der Waals surface area contributed by atoms with Crippen molar-refractivity contribution in [1.29, 1.82) is 0 Å². The average Bonchev–Trinajstić information content (AvgIpc) is 3.32. The first kappa shape index (κ1) is 20.8. The van der Waals surface area contributed by atoms with E-state index in [1.54, 1.807) is 11.8 Å². The van der Waals surface area contributed by atoms with Crippen LogP contribution in [0.1, 0.15) is 38.5 Å². The molecule has 3 amide bonds. The molecule has 0 bridgehead atoms. The van der Waals surface area contributed by atoms with Crippen molar-refractivity contribution in [2.24, 2.45) is 0 Å². The van der Waals surface area contributed by atoms with Crippen molar-refractivity contribution in [2.75, 3.05) is 18.4 Å². The number of rotatable bonds is 5. The SMILES string of the molecule is O=C(NCC(F)(F)F)C1CCCN1C(=O)Nc1ccccc1SC1CCCC1. The minimum atomic E-state index is -4.47. The maximum Gasteiger partial charge on any atom is 0.405 e. The summed E-state index contributed by atoms with van der Waals surface area (Å²) < 4.78 is 37.0. The molecule has 0 aromatic heterocycles. The molecule has 3 rings (SSSR count). The summed E-state index contributed by atoms with van der Waals surface area (Å²) in [5.41, 5.74) is 0.672. The number of nitrogens with one attached hydrogen (secondary N) is 2. The number of hydrogen-bond donors (Lipinski definition) is 2. The highest BCUT2D eigenvalue weighted by Gasteiger charge is 2.36. The summed E-state index contributed by atoms with van der Waals surface area (Å²) in [5, 5.41) is 5.26. The Balaban J connectivity index is 1.63. The number of benzene rings is 1. The number of nitrogens with zero attached hydrogens (tertiary/aromatic N) is 1. The number of alkyl halides is 3. The number of carbonyl (C=O) groups excluding carboxylic acids is 2. The first-order chi connectivity index (χ1) is 13.3. The molecule has 1 aliphatic carbocycles. The quantitative estimate of drug-likeness (QED) is 0.750. The number of para-hydroxylation sites is 1. The van der Waals surface area contributed by atoms with Crippen LogP contribution in [0.3, 0.4) is 0 Å². The number of likely N-dealkylation sites (tertiary alicyclic amines) is 1. The minimum Gasteiger partial charge on any atom is -0.345 e. The second kappa shape index (κ2) is 9.07. The van der Waals surface area contributed by atoms with Crippen molar-refractivity contribution in [1.82, 2.24) is 10.2 Å². The van der Waals surface area contributed by atoms with Crippen molar-refractivity contribution in [3.05, 3.63) is 24.3 Å². The number of thioether (sulfide) groups is 1. The summed E-state index contributed by atoms with van der Waals surface area (Å²) in [7, 11) is 0. The Bertz CT molecular complexity index is 708. The van der Waals surface area contributed by atoms with E-state index in [9.17, 15) is 22.8 Å². The van der Waals surface area contributed by atoms with Gasteiger partial charge in [0.1, 0.15) is 12.6 Å². The fourth-order valence-corrected chi connectivity index (χ4v) is 4.96. The maximum atomic E-state index is 12.7. The molecule has 1 saturated carbocycles. The topological polar surface area (TPSA) is 61.4 Å². The van der Waals surface area contributed by atoms with E-state index in [1.165, 1.54) is 17.7 Å². The van der Waals surface area contributed by atoms with Gasteiger partial charge in [-0.15, -0.1) is 11.8 Å². The summed E-state index contributed by atoms with van der Waals surface area (Å²) in [6.45, 7) is -1.05. The molecule has 2 N–H and O–H groups in total. The largest absolute Gasteiger partial charge is 0.405 e. The van der Waals surface area contributed by atoms with E-state index in [-0.39, 0.29) is 0 Å². The number of halogens is 3. The molecule has 5 nitrogen and oxygen atoms in total. The molecular weight excluding hydrogens is 391 g/mol. The number of amides is 3. The second-order valence-corrected chi connectivity index (χ2v) is 8.48. The Labute approximate surface area is 166 Å². The summed E-state index contributed by atoms with van der Waals surface area (Å²) in [4.78, 5) is 27.1.